The fraction of sp³-hybridized carbons (Fsp3) is 0.267. The van der Waals surface area contributed by atoms with E-state index in [-0.39, 0.29) is 36.3 Å². The summed E-state index contributed by atoms with van der Waals surface area (Å²) in [6.07, 6.45) is -0.0328. The van der Waals surface area contributed by atoms with Crippen molar-refractivity contribution in [3.05, 3.63) is 101 Å². The second kappa shape index (κ2) is 11.3. The Labute approximate surface area is 216 Å². The molecule has 3 aromatic rings. The Balaban J connectivity index is 1.67. The van der Waals surface area contributed by atoms with Crippen LogP contribution in [0.1, 0.15) is 42.1 Å². The molecule has 7 heteroatoms. The topological polar surface area (TPSA) is 96.3 Å². The van der Waals surface area contributed by atoms with E-state index < -0.39 is 17.7 Å². The van der Waals surface area contributed by atoms with Crippen LogP contribution < -0.4 is 4.74 Å². The maximum Gasteiger partial charge on any atom is 0.295 e. The van der Waals surface area contributed by atoms with E-state index in [1.807, 2.05) is 51.1 Å². The van der Waals surface area contributed by atoms with Crippen molar-refractivity contribution in [2.45, 2.75) is 39.5 Å². The van der Waals surface area contributed by atoms with Crippen molar-refractivity contribution in [3.63, 3.8) is 0 Å². The van der Waals surface area contributed by atoms with Crippen LogP contribution in [0.5, 0.6) is 11.5 Å². The first kappa shape index (κ1) is 26.0. The lowest BCUT2D eigenvalue weighted by atomic mass is 9.94. The minimum Gasteiger partial charge on any atom is -0.508 e. The highest BCUT2D eigenvalue weighted by atomic mass is 16.5. The number of rotatable bonds is 9. The Morgan fingerprint density at radius 3 is 2.35 bits per heavy atom. The molecule has 1 fully saturated rings. The second-order valence-electron chi connectivity index (χ2n) is 9.26. The summed E-state index contributed by atoms with van der Waals surface area (Å²) in [7, 11) is 0. The summed E-state index contributed by atoms with van der Waals surface area (Å²) in [6, 6.07) is 20.4. The molecular weight excluding hydrogens is 470 g/mol. The first-order chi connectivity index (χ1) is 17.8. The highest BCUT2D eigenvalue weighted by molar-refractivity contribution is 6.46. The van der Waals surface area contributed by atoms with Gasteiger partial charge in [0.2, 0.25) is 0 Å². The number of likely N-dealkylation sites (tertiary alicyclic amines) is 1. The molecule has 1 saturated heterocycles. The highest BCUT2D eigenvalue weighted by Gasteiger charge is 2.45. The lowest BCUT2D eigenvalue weighted by Gasteiger charge is -2.25. The maximum absolute atomic E-state index is 13.2. The van der Waals surface area contributed by atoms with Crippen molar-refractivity contribution in [3.8, 4) is 11.5 Å². The lowest BCUT2D eigenvalue weighted by Crippen LogP contribution is -2.33. The molecule has 1 amide bonds. The summed E-state index contributed by atoms with van der Waals surface area (Å²) in [4.78, 5) is 27.6. The number of benzene rings is 3. The van der Waals surface area contributed by atoms with Gasteiger partial charge in [-0.05, 0) is 67.8 Å². The van der Waals surface area contributed by atoms with Gasteiger partial charge in [0.1, 0.15) is 23.9 Å². The molecule has 37 heavy (non-hydrogen) atoms. The molecule has 0 bridgehead atoms. The van der Waals surface area contributed by atoms with E-state index >= 15 is 0 Å². The van der Waals surface area contributed by atoms with Gasteiger partial charge in [0, 0.05) is 12.1 Å². The van der Waals surface area contributed by atoms with E-state index in [2.05, 4.69) is 0 Å². The number of aromatic hydroxyl groups is 1. The number of aryl methyl sites for hydroxylation is 1. The van der Waals surface area contributed by atoms with Gasteiger partial charge in [0.15, 0.2) is 0 Å². The molecule has 7 nitrogen and oxygen atoms in total. The van der Waals surface area contributed by atoms with Gasteiger partial charge in [-0.2, -0.15) is 0 Å². The molecule has 2 N–H and O–H groups in total. The van der Waals surface area contributed by atoms with E-state index in [9.17, 15) is 19.8 Å². The quantitative estimate of drug-likeness (QED) is 0.240. The third-order valence-corrected chi connectivity index (χ3v) is 6.22. The van der Waals surface area contributed by atoms with Crippen LogP contribution in [-0.2, 0) is 20.9 Å². The number of carbonyl (C=O) groups excluding carboxylic acids is 2. The SMILES string of the molecule is Cc1cc(/C(O)=C2/C(=O)C(=O)N(CCOC(C)C)C2c2ccc(O)cc2)ccc1OCc1ccccc1. The molecule has 0 aromatic heterocycles. The van der Waals surface area contributed by atoms with Crippen LogP contribution in [0.3, 0.4) is 0 Å². The Kier molecular flexibility index (Phi) is 7.94. The fourth-order valence-corrected chi connectivity index (χ4v) is 4.35. The number of hydrogen-bond donors (Lipinski definition) is 2. The monoisotopic (exact) mass is 501 g/mol. The molecule has 4 rings (SSSR count). The van der Waals surface area contributed by atoms with Crippen LogP contribution in [0.2, 0.25) is 0 Å². The summed E-state index contributed by atoms with van der Waals surface area (Å²) >= 11 is 0. The summed E-state index contributed by atoms with van der Waals surface area (Å²) < 4.78 is 11.6. The van der Waals surface area contributed by atoms with E-state index in [4.69, 9.17) is 9.47 Å². The average molecular weight is 502 g/mol. The Morgan fingerprint density at radius 2 is 1.70 bits per heavy atom. The van der Waals surface area contributed by atoms with Gasteiger partial charge in [-0.15, -0.1) is 0 Å². The van der Waals surface area contributed by atoms with Crippen LogP contribution in [0.25, 0.3) is 5.76 Å². The van der Waals surface area contributed by atoms with Crippen LogP contribution in [-0.4, -0.2) is 46.1 Å². The largest absolute Gasteiger partial charge is 0.508 e. The Bertz CT molecular complexity index is 1300. The number of aliphatic hydroxyl groups is 1. The molecule has 1 atom stereocenters. The predicted molar refractivity (Wildman–Crippen MR) is 140 cm³/mol. The van der Waals surface area contributed by atoms with Crippen molar-refractivity contribution in [2.75, 3.05) is 13.2 Å². The zero-order chi connectivity index (χ0) is 26.5. The van der Waals surface area contributed by atoms with E-state index in [1.165, 1.54) is 17.0 Å². The van der Waals surface area contributed by atoms with Gasteiger partial charge in [-0.1, -0.05) is 42.5 Å². The molecule has 192 valence electrons. The van der Waals surface area contributed by atoms with Crippen molar-refractivity contribution >= 4 is 17.4 Å². The normalized spacial score (nSPS) is 17.0. The third kappa shape index (κ3) is 5.84. The first-order valence-corrected chi connectivity index (χ1v) is 12.2. The van der Waals surface area contributed by atoms with Gasteiger partial charge in [0.25, 0.3) is 11.7 Å². The number of ketones is 1. The number of phenolic OH excluding ortho intramolecular Hbond substituents is 1. The third-order valence-electron chi connectivity index (χ3n) is 6.22. The number of hydrogen-bond acceptors (Lipinski definition) is 6. The molecular formula is C30H31NO6. The molecule has 1 aliphatic heterocycles. The standard InChI is InChI=1S/C30H31NO6/c1-19(2)36-16-15-31-27(22-9-12-24(32)13-10-22)26(29(34)30(31)35)28(33)23-11-14-25(20(3)17-23)37-18-21-7-5-4-6-8-21/h4-14,17,19,27,32-33H,15-16,18H2,1-3H3/b28-26-. The van der Waals surface area contributed by atoms with Gasteiger partial charge in [0.05, 0.1) is 24.3 Å². The second-order valence-corrected chi connectivity index (χ2v) is 9.26. The smallest absolute Gasteiger partial charge is 0.295 e. The molecule has 0 aliphatic carbocycles. The van der Waals surface area contributed by atoms with Gasteiger partial charge in [-0.25, -0.2) is 0 Å². The van der Waals surface area contributed by atoms with Gasteiger partial charge >= 0.3 is 0 Å². The van der Waals surface area contributed by atoms with Crippen molar-refractivity contribution in [2.24, 2.45) is 0 Å². The number of aliphatic hydroxyl groups excluding tert-OH is 1. The summed E-state index contributed by atoms with van der Waals surface area (Å²) in [5.74, 6) is -1.01. The number of carbonyl (C=O) groups is 2. The highest BCUT2D eigenvalue weighted by Crippen LogP contribution is 2.40. The summed E-state index contributed by atoms with van der Waals surface area (Å²) in [5.41, 5.74) is 2.81. The first-order valence-electron chi connectivity index (χ1n) is 12.2. The van der Waals surface area contributed by atoms with Crippen LogP contribution in [0, 0.1) is 6.92 Å². The summed E-state index contributed by atoms with van der Waals surface area (Å²) in [5, 5.41) is 21.1. The van der Waals surface area contributed by atoms with Gasteiger partial charge < -0.3 is 24.6 Å². The Hall–Kier alpha value is -4.10. The number of amides is 1. The van der Waals surface area contributed by atoms with Crippen molar-refractivity contribution in [1.29, 1.82) is 0 Å². The minimum absolute atomic E-state index is 0.00223. The average Bonchev–Trinajstić information content (AvgIpc) is 3.13. The molecule has 0 radical (unpaired) electrons. The number of Topliss-reactive ketones (excluding diaryl/α,β-unsaturated/α-hetero) is 1. The van der Waals surface area contributed by atoms with Crippen molar-refractivity contribution < 1.29 is 29.3 Å². The molecule has 1 aliphatic rings. The maximum atomic E-state index is 13.2. The van der Waals surface area contributed by atoms with E-state index in [0.29, 0.717) is 23.5 Å². The zero-order valence-corrected chi connectivity index (χ0v) is 21.2. The zero-order valence-electron chi connectivity index (χ0n) is 21.2. The minimum atomic E-state index is -0.814. The number of nitrogens with zero attached hydrogens (tertiary/aromatic N) is 1. The van der Waals surface area contributed by atoms with E-state index in [0.717, 1.165) is 11.1 Å². The fourth-order valence-electron chi connectivity index (χ4n) is 4.35. The molecule has 0 spiro atoms. The predicted octanol–water partition coefficient (Wildman–Crippen LogP) is 5.13. The Morgan fingerprint density at radius 1 is 1.00 bits per heavy atom. The van der Waals surface area contributed by atoms with Gasteiger partial charge in [-0.3, -0.25) is 9.59 Å². The van der Waals surface area contributed by atoms with Crippen molar-refractivity contribution in [1.82, 2.24) is 4.90 Å². The number of ether oxygens (including phenoxy) is 2. The number of phenols is 1. The van der Waals surface area contributed by atoms with Crippen LogP contribution in [0.4, 0.5) is 0 Å². The van der Waals surface area contributed by atoms with Crippen LogP contribution in [0.15, 0.2) is 78.4 Å². The molecule has 1 heterocycles. The molecule has 1 unspecified atom stereocenters. The summed E-state index contributed by atoms with van der Waals surface area (Å²) in [6.45, 7) is 6.46. The van der Waals surface area contributed by atoms with E-state index in [1.54, 1.807) is 30.3 Å². The van der Waals surface area contributed by atoms with Crippen LogP contribution >= 0.6 is 0 Å². The lowest BCUT2D eigenvalue weighted by molar-refractivity contribution is -0.140. The molecule has 3 aromatic carbocycles. The molecule has 0 saturated carbocycles.